The van der Waals surface area contributed by atoms with E-state index in [1.54, 1.807) is 0 Å². The Kier molecular flexibility index (Phi) is 4.53. The number of likely N-dealkylation sites (N-methyl/N-ethyl adjacent to an activating group) is 1. The van der Waals surface area contributed by atoms with Gasteiger partial charge in [-0.25, -0.2) is 9.97 Å². The Morgan fingerprint density at radius 3 is 2.69 bits per heavy atom. The average Bonchev–Trinajstić information content (AvgIpc) is 3.42. The molecule has 0 aromatic carbocycles. The maximum absolute atomic E-state index is 13.1. The van der Waals surface area contributed by atoms with E-state index in [2.05, 4.69) is 36.1 Å². The molecule has 3 aromatic rings. The third-order valence-electron chi connectivity index (χ3n) is 7.26. The van der Waals surface area contributed by atoms with Crippen LogP contribution in [0.3, 0.4) is 0 Å². The number of carbonyl (C=O) groups is 1. The second kappa shape index (κ2) is 7.44. The molecule has 2 aliphatic heterocycles. The van der Waals surface area contributed by atoms with Gasteiger partial charge in [-0.15, -0.1) is 0 Å². The number of hydrogen-bond donors (Lipinski definition) is 2. The van der Waals surface area contributed by atoms with Gasteiger partial charge >= 0.3 is 0 Å². The summed E-state index contributed by atoms with van der Waals surface area (Å²) in [5, 5.41) is 7.56. The molecule has 6 rings (SSSR count). The van der Waals surface area contributed by atoms with E-state index in [4.69, 9.17) is 4.98 Å². The van der Waals surface area contributed by atoms with Gasteiger partial charge in [0.2, 0.25) is 5.95 Å². The lowest BCUT2D eigenvalue weighted by Gasteiger charge is -2.37. The Bertz CT molecular complexity index is 1180. The van der Waals surface area contributed by atoms with Crippen LogP contribution in [0.4, 0.5) is 17.5 Å². The highest BCUT2D eigenvalue weighted by atomic mass is 16.2. The highest BCUT2D eigenvalue weighted by molar-refractivity contribution is 6.01. The van der Waals surface area contributed by atoms with E-state index >= 15 is 0 Å². The summed E-state index contributed by atoms with van der Waals surface area (Å²) in [5.74, 6) is 1.30. The average molecular weight is 433 g/mol. The maximum Gasteiger partial charge on any atom is 0.270 e. The van der Waals surface area contributed by atoms with E-state index in [1.165, 1.54) is 0 Å². The van der Waals surface area contributed by atoms with Crippen molar-refractivity contribution in [3.8, 4) is 0 Å². The van der Waals surface area contributed by atoms with Gasteiger partial charge in [0.05, 0.1) is 24.0 Å². The number of carbonyl (C=O) groups excluding carboxylic acids is 1. The Morgan fingerprint density at radius 2 is 1.91 bits per heavy atom. The van der Waals surface area contributed by atoms with Gasteiger partial charge in [0.1, 0.15) is 17.2 Å². The molecule has 2 fully saturated rings. The van der Waals surface area contributed by atoms with Crippen molar-refractivity contribution >= 4 is 34.4 Å². The first-order valence-corrected chi connectivity index (χ1v) is 11.5. The van der Waals surface area contributed by atoms with Crippen LogP contribution in [-0.4, -0.2) is 69.6 Å². The Labute approximate surface area is 186 Å². The largest absolute Gasteiger partial charge is 0.368 e. The van der Waals surface area contributed by atoms with Crippen LogP contribution in [0.2, 0.25) is 0 Å². The molecule has 2 atom stereocenters. The molecule has 9 heteroatoms. The van der Waals surface area contributed by atoms with Crippen molar-refractivity contribution in [2.45, 2.75) is 38.3 Å². The van der Waals surface area contributed by atoms with E-state index in [0.717, 1.165) is 73.4 Å². The zero-order valence-electron chi connectivity index (χ0n) is 18.5. The first kappa shape index (κ1) is 19.5. The highest BCUT2D eigenvalue weighted by Crippen LogP contribution is 2.42. The Balaban J connectivity index is 1.33. The monoisotopic (exact) mass is 432 g/mol. The second-order valence-corrected chi connectivity index (χ2v) is 9.02. The number of nitrogens with one attached hydrogen (secondary N) is 2. The number of aromatic nitrogens is 4. The molecular formula is C23H28N8O. The van der Waals surface area contributed by atoms with Gasteiger partial charge in [-0.3, -0.25) is 4.79 Å². The third kappa shape index (κ3) is 2.95. The molecule has 0 radical (unpaired) electrons. The van der Waals surface area contributed by atoms with Gasteiger partial charge < -0.3 is 25.0 Å². The number of anilines is 3. The zero-order chi connectivity index (χ0) is 21.8. The summed E-state index contributed by atoms with van der Waals surface area (Å²) >= 11 is 0. The fraction of sp³-hybridized carbons (Fsp3) is 0.478. The molecule has 1 amide bonds. The number of pyridine rings is 1. The van der Waals surface area contributed by atoms with Crippen LogP contribution < -0.4 is 15.5 Å². The fourth-order valence-electron chi connectivity index (χ4n) is 5.56. The summed E-state index contributed by atoms with van der Waals surface area (Å²) in [6, 6.07) is 4.58. The van der Waals surface area contributed by atoms with Gasteiger partial charge in [-0.05, 0) is 43.9 Å². The van der Waals surface area contributed by atoms with E-state index in [9.17, 15) is 4.79 Å². The van der Waals surface area contributed by atoms with Crippen molar-refractivity contribution < 1.29 is 4.79 Å². The molecular weight excluding hydrogens is 404 g/mol. The molecule has 5 heterocycles. The molecule has 2 unspecified atom stereocenters. The first-order valence-electron chi connectivity index (χ1n) is 11.5. The molecule has 0 bridgehead atoms. The molecule has 1 saturated heterocycles. The Morgan fingerprint density at radius 1 is 1.09 bits per heavy atom. The van der Waals surface area contributed by atoms with Gasteiger partial charge in [0.25, 0.3) is 5.91 Å². The van der Waals surface area contributed by atoms with Crippen LogP contribution in [0.15, 0.2) is 24.5 Å². The molecule has 3 aromatic heterocycles. The number of nitrogens with zero attached hydrogens (tertiary/aromatic N) is 6. The molecule has 166 valence electrons. The highest BCUT2D eigenvalue weighted by Gasteiger charge is 2.43. The molecule has 3 aliphatic rings. The van der Waals surface area contributed by atoms with Crippen LogP contribution >= 0.6 is 0 Å². The summed E-state index contributed by atoms with van der Waals surface area (Å²) in [6.07, 6.45) is 6.97. The minimum absolute atomic E-state index is 0.0864. The van der Waals surface area contributed by atoms with E-state index < -0.39 is 0 Å². The number of piperazine rings is 1. The molecule has 1 saturated carbocycles. The molecule has 0 spiro atoms. The maximum atomic E-state index is 13.1. The van der Waals surface area contributed by atoms with Crippen LogP contribution in [-0.2, 0) is 0 Å². The number of aryl methyl sites for hydroxylation is 1. The lowest BCUT2D eigenvalue weighted by atomic mass is 10.1. The minimum Gasteiger partial charge on any atom is -0.368 e. The van der Waals surface area contributed by atoms with Crippen LogP contribution in [0.1, 0.15) is 41.4 Å². The predicted molar refractivity (Wildman–Crippen MR) is 124 cm³/mol. The molecule has 32 heavy (non-hydrogen) atoms. The fourth-order valence-corrected chi connectivity index (χ4v) is 5.56. The van der Waals surface area contributed by atoms with Crippen molar-refractivity contribution in [2.24, 2.45) is 0 Å². The summed E-state index contributed by atoms with van der Waals surface area (Å²) in [7, 11) is 1.93. The number of amides is 1. The molecule has 2 N–H and O–H groups in total. The first-order chi connectivity index (χ1) is 15.6. The normalized spacial score (nSPS) is 22.9. The van der Waals surface area contributed by atoms with Crippen molar-refractivity contribution in [1.29, 1.82) is 0 Å². The van der Waals surface area contributed by atoms with E-state index in [-0.39, 0.29) is 18.0 Å². The quantitative estimate of drug-likeness (QED) is 0.657. The van der Waals surface area contributed by atoms with Crippen LogP contribution in [0.25, 0.3) is 11.0 Å². The second-order valence-electron chi connectivity index (χ2n) is 9.02. The molecule has 9 nitrogen and oxygen atoms in total. The van der Waals surface area contributed by atoms with Gasteiger partial charge in [0.15, 0.2) is 0 Å². The topological polar surface area (TPSA) is 91.2 Å². The van der Waals surface area contributed by atoms with Crippen molar-refractivity contribution in [3.05, 3.63) is 35.8 Å². The number of hydrogen-bond acceptors (Lipinski definition) is 7. The lowest BCUT2D eigenvalue weighted by molar-refractivity contribution is 0.0630. The van der Waals surface area contributed by atoms with E-state index in [1.807, 2.05) is 37.3 Å². The van der Waals surface area contributed by atoms with Gasteiger partial charge in [-0.1, -0.05) is 0 Å². The lowest BCUT2D eigenvalue weighted by Crippen LogP contribution is -2.46. The van der Waals surface area contributed by atoms with E-state index in [0.29, 0.717) is 11.8 Å². The van der Waals surface area contributed by atoms with Crippen molar-refractivity contribution in [2.75, 3.05) is 43.4 Å². The predicted octanol–water partition coefficient (Wildman–Crippen LogP) is 2.47. The smallest absolute Gasteiger partial charge is 0.270 e. The number of rotatable bonds is 3. The Hall–Kier alpha value is -3.20. The standard InChI is InChI=1S/C23H28N8O/c1-14-16-13-26-23(27-19-7-6-15(12-25-19)30-10-8-24-9-11-30)28-21(16)31-18-5-3-4-17(18)29(2)22(32)20(14)31/h6-7,12-13,17-18,24H,3-5,8-11H2,1-2H3,(H,25,26,27,28). The summed E-state index contributed by atoms with van der Waals surface area (Å²) < 4.78 is 2.18. The van der Waals surface area contributed by atoms with Gasteiger partial charge in [-0.2, -0.15) is 4.98 Å². The minimum atomic E-state index is 0.0864. The summed E-state index contributed by atoms with van der Waals surface area (Å²) in [4.78, 5) is 31.3. The zero-order valence-corrected chi connectivity index (χ0v) is 18.5. The van der Waals surface area contributed by atoms with Crippen LogP contribution in [0, 0.1) is 6.92 Å². The summed E-state index contributed by atoms with van der Waals surface area (Å²) in [6.45, 7) is 5.97. The molecule has 1 aliphatic carbocycles. The van der Waals surface area contributed by atoms with Gasteiger partial charge in [0, 0.05) is 44.8 Å². The van der Waals surface area contributed by atoms with Crippen molar-refractivity contribution in [3.63, 3.8) is 0 Å². The van der Waals surface area contributed by atoms with Crippen LogP contribution in [0.5, 0.6) is 0 Å². The van der Waals surface area contributed by atoms with Crippen molar-refractivity contribution in [1.82, 2.24) is 29.7 Å². The summed E-state index contributed by atoms with van der Waals surface area (Å²) in [5.41, 5.74) is 3.69. The number of fused-ring (bicyclic) bond motifs is 5. The third-order valence-corrected chi connectivity index (χ3v) is 7.26. The SMILES string of the molecule is Cc1c2n(c3nc(Nc4ccc(N5CCNCC5)cn4)ncc13)C1CCCC1N(C)C2=O.